The van der Waals surface area contributed by atoms with Gasteiger partial charge in [0.05, 0.1) is 0 Å². The first-order chi connectivity index (χ1) is 19.0. The fourth-order valence-corrected chi connectivity index (χ4v) is 9.98. The van der Waals surface area contributed by atoms with Gasteiger partial charge in [-0.15, -0.1) is 0 Å². The Morgan fingerprint density at radius 3 is 1.50 bits per heavy atom. The zero-order valence-corrected chi connectivity index (χ0v) is 28.9. The number of fused-ring (bicyclic) bond motifs is 3. The van der Waals surface area contributed by atoms with Gasteiger partial charge >= 0.3 is 0 Å². The second-order valence-corrected chi connectivity index (χ2v) is 17.0. The third-order valence-corrected chi connectivity index (χ3v) is 12.9. The van der Waals surface area contributed by atoms with Crippen molar-refractivity contribution in [2.75, 3.05) is 0 Å². The van der Waals surface area contributed by atoms with E-state index in [-0.39, 0.29) is 0 Å². The van der Waals surface area contributed by atoms with E-state index in [1.165, 1.54) is 122 Å². The molecule has 3 aliphatic carbocycles. The highest BCUT2D eigenvalue weighted by Gasteiger charge is 2.64. The molecular formula is C40H74. The quantitative estimate of drug-likeness (QED) is 0.124. The lowest BCUT2D eigenvalue weighted by Crippen LogP contribution is -2.39. The van der Waals surface area contributed by atoms with Crippen molar-refractivity contribution in [3.63, 3.8) is 0 Å². The van der Waals surface area contributed by atoms with Crippen LogP contribution in [0.15, 0.2) is 12.2 Å². The molecule has 40 heavy (non-hydrogen) atoms. The van der Waals surface area contributed by atoms with Crippen molar-refractivity contribution in [3.05, 3.63) is 12.2 Å². The van der Waals surface area contributed by atoms with Gasteiger partial charge in [-0.05, 0) is 96.7 Å². The summed E-state index contributed by atoms with van der Waals surface area (Å²) in [4.78, 5) is 0. The fraction of sp³-hybridized carbons (Fsp3) is 0.950. The van der Waals surface area contributed by atoms with E-state index in [1.54, 1.807) is 5.57 Å². The van der Waals surface area contributed by atoms with Gasteiger partial charge in [0, 0.05) is 0 Å². The third kappa shape index (κ3) is 9.63. The molecule has 0 nitrogen and oxygen atoms in total. The van der Waals surface area contributed by atoms with Crippen molar-refractivity contribution in [3.8, 4) is 0 Å². The summed E-state index contributed by atoms with van der Waals surface area (Å²) >= 11 is 0. The normalized spacial score (nSPS) is 32.4. The Morgan fingerprint density at radius 1 is 0.625 bits per heavy atom. The van der Waals surface area contributed by atoms with Crippen molar-refractivity contribution in [1.29, 1.82) is 0 Å². The maximum absolute atomic E-state index is 4.74. The van der Waals surface area contributed by atoms with E-state index in [4.69, 9.17) is 6.58 Å². The zero-order valence-electron chi connectivity index (χ0n) is 28.9. The van der Waals surface area contributed by atoms with Crippen molar-refractivity contribution in [2.45, 2.75) is 177 Å². The Bertz CT molecular complexity index is 718. The number of allylic oxidation sites excluding steroid dienone is 1. The van der Waals surface area contributed by atoms with Crippen LogP contribution in [0.3, 0.4) is 0 Å². The predicted molar refractivity (Wildman–Crippen MR) is 180 cm³/mol. The molecular weight excluding hydrogens is 480 g/mol. The molecule has 0 amide bonds. The Balaban J connectivity index is 1.18. The van der Waals surface area contributed by atoms with Crippen LogP contribution < -0.4 is 0 Å². The van der Waals surface area contributed by atoms with Gasteiger partial charge in [0.25, 0.3) is 0 Å². The molecule has 0 aromatic heterocycles. The summed E-state index contributed by atoms with van der Waals surface area (Å²) in [5.74, 6) is 9.32. The summed E-state index contributed by atoms with van der Waals surface area (Å²) in [6, 6.07) is 0. The first kappa shape index (κ1) is 34.2. The summed E-state index contributed by atoms with van der Waals surface area (Å²) < 4.78 is 0. The van der Waals surface area contributed by atoms with Crippen LogP contribution in [-0.4, -0.2) is 0 Å². The van der Waals surface area contributed by atoms with Gasteiger partial charge in [0.2, 0.25) is 0 Å². The maximum atomic E-state index is 4.74. The molecule has 0 spiro atoms. The molecule has 0 aromatic carbocycles. The molecule has 0 saturated heterocycles. The molecule has 4 unspecified atom stereocenters. The lowest BCUT2D eigenvalue weighted by Gasteiger charge is -2.48. The van der Waals surface area contributed by atoms with Gasteiger partial charge in [-0.3, -0.25) is 0 Å². The third-order valence-electron chi connectivity index (χ3n) is 12.9. The largest absolute Gasteiger partial charge is 0.0996 e. The van der Waals surface area contributed by atoms with Gasteiger partial charge in [-0.2, -0.15) is 0 Å². The molecule has 3 rings (SSSR count). The van der Waals surface area contributed by atoms with E-state index in [0.717, 1.165) is 59.2 Å². The molecule has 0 bridgehead atoms. The topological polar surface area (TPSA) is 0 Å². The van der Waals surface area contributed by atoms with E-state index in [2.05, 4.69) is 55.4 Å². The van der Waals surface area contributed by atoms with Crippen LogP contribution in [0.25, 0.3) is 0 Å². The van der Waals surface area contributed by atoms with E-state index >= 15 is 0 Å². The Hall–Kier alpha value is -0.260. The average molecular weight is 555 g/mol. The Labute approximate surface area is 253 Å². The molecule has 0 heterocycles. The van der Waals surface area contributed by atoms with Gasteiger partial charge in [0.1, 0.15) is 0 Å². The van der Waals surface area contributed by atoms with Crippen molar-refractivity contribution in [1.82, 2.24) is 0 Å². The minimum Gasteiger partial charge on any atom is -0.0996 e. The standard InChI is InChI=1S/C40H74/c1-29(2)15-10-16-30(3)17-11-18-31(4)19-12-20-32(5)21-13-22-33(6)23-14-24-34(7)38-37-27-28-40(37,9)36-26-25-35(8)39(36)38/h29-33,35-39H,7,10-28H2,1-6,8-9H3/t30?,31?,32?,33?,35-,36-,37+,38-,39-,40-/m1/s1. The monoisotopic (exact) mass is 555 g/mol. The van der Waals surface area contributed by atoms with Crippen LogP contribution in [0.1, 0.15) is 177 Å². The molecule has 3 aliphatic rings. The highest BCUT2D eigenvalue weighted by atomic mass is 14.7. The van der Waals surface area contributed by atoms with Crippen LogP contribution in [0.4, 0.5) is 0 Å². The lowest BCUT2D eigenvalue weighted by molar-refractivity contribution is 0.0267. The summed E-state index contributed by atoms with van der Waals surface area (Å²) in [6.07, 6.45) is 27.4. The molecule has 234 valence electrons. The van der Waals surface area contributed by atoms with E-state index in [9.17, 15) is 0 Å². The second kappa shape index (κ2) is 16.6. The first-order valence-electron chi connectivity index (χ1n) is 18.7. The molecule has 0 aromatic rings. The van der Waals surface area contributed by atoms with Crippen LogP contribution in [0.5, 0.6) is 0 Å². The smallest absolute Gasteiger partial charge is 0.0139 e. The molecule has 3 fully saturated rings. The molecule has 0 N–H and O–H groups in total. The summed E-state index contributed by atoms with van der Waals surface area (Å²) in [6.45, 7) is 24.7. The van der Waals surface area contributed by atoms with Crippen LogP contribution in [0, 0.1) is 64.6 Å². The predicted octanol–water partition coefficient (Wildman–Crippen LogP) is 13.3. The van der Waals surface area contributed by atoms with Crippen molar-refractivity contribution < 1.29 is 0 Å². The Kier molecular flexibility index (Phi) is 14.2. The molecule has 0 aliphatic heterocycles. The van der Waals surface area contributed by atoms with Crippen LogP contribution >= 0.6 is 0 Å². The van der Waals surface area contributed by atoms with Gasteiger partial charge in [0.15, 0.2) is 0 Å². The molecule has 0 radical (unpaired) electrons. The fourth-order valence-electron chi connectivity index (χ4n) is 9.98. The van der Waals surface area contributed by atoms with Crippen LogP contribution in [0.2, 0.25) is 0 Å². The van der Waals surface area contributed by atoms with Crippen LogP contribution in [-0.2, 0) is 0 Å². The minimum absolute atomic E-state index is 0.677. The summed E-state index contributed by atoms with van der Waals surface area (Å²) in [7, 11) is 0. The summed E-state index contributed by atoms with van der Waals surface area (Å²) in [5.41, 5.74) is 2.33. The van der Waals surface area contributed by atoms with Crippen molar-refractivity contribution >= 4 is 0 Å². The first-order valence-corrected chi connectivity index (χ1v) is 18.7. The number of hydrogen-bond acceptors (Lipinski definition) is 0. The van der Waals surface area contributed by atoms with E-state index < -0.39 is 0 Å². The van der Waals surface area contributed by atoms with E-state index in [0.29, 0.717) is 5.41 Å². The van der Waals surface area contributed by atoms with Gasteiger partial charge < -0.3 is 0 Å². The SMILES string of the molecule is C=C(CCCC(C)CCCC(C)CCCC(C)CCCC(C)CCCC(C)C)[C@H]1[C@@H]2[C@H](C)CC[C@H]2[C@@]2(C)CC[C@@H]12. The highest BCUT2D eigenvalue weighted by Crippen LogP contribution is 2.71. The maximum Gasteiger partial charge on any atom is -0.0139 e. The Morgan fingerprint density at radius 2 is 1.07 bits per heavy atom. The zero-order chi connectivity index (χ0) is 29.3. The average Bonchev–Trinajstić information content (AvgIpc) is 3.33. The lowest BCUT2D eigenvalue weighted by atomic mass is 9.57. The van der Waals surface area contributed by atoms with Gasteiger partial charge in [-0.25, -0.2) is 0 Å². The van der Waals surface area contributed by atoms with Crippen molar-refractivity contribution in [2.24, 2.45) is 64.6 Å². The minimum atomic E-state index is 0.677. The van der Waals surface area contributed by atoms with E-state index in [1.807, 2.05) is 0 Å². The summed E-state index contributed by atoms with van der Waals surface area (Å²) in [5, 5.41) is 0. The number of rotatable bonds is 21. The molecule has 3 saturated carbocycles. The van der Waals surface area contributed by atoms with Gasteiger partial charge in [-0.1, -0.05) is 157 Å². The second-order valence-electron chi connectivity index (χ2n) is 17.0. The number of hydrogen-bond donors (Lipinski definition) is 0. The highest BCUT2D eigenvalue weighted by molar-refractivity contribution is 5.21. The molecule has 0 heteroatoms. The molecule has 10 atom stereocenters.